The first-order valence-electron chi connectivity index (χ1n) is 13.1. The van der Waals surface area contributed by atoms with Crippen LogP contribution in [-0.4, -0.2) is 42.0 Å². The lowest BCUT2D eigenvalue weighted by Gasteiger charge is -2.10. The van der Waals surface area contributed by atoms with Crippen LogP contribution in [0, 0.1) is 17.0 Å². The Hall–Kier alpha value is -5.32. The number of nitro benzene ring substituents is 1. The van der Waals surface area contributed by atoms with E-state index in [2.05, 4.69) is 11.9 Å². The van der Waals surface area contributed by atoms with Crippen LogP contribution in [-0.2, 0) is 14.3 Å². The number of non-ortho nitro benzene ring substituents is 1. The first kappa shape index (κ1) is 31.2. The van der Waals surface area contributed by atoms with Gasteiger partial charge >= 0.3 is 17.9 Å². The van der Waals surface area contributed by atoms with E-state index in [0.29, 0.717) is 35.4 Å². The van der Waals surface area contributed by atoms with Gasteiger partial charge in [0.25, 0.3) is 11.6 Å². The summed E-state index contributed by atoms with van der Waals surface area (Å²) in [5, 5.41) is 13.5. The van der Waals surface area contributed by atoms with E-state index in [1.165, 1.54) is 54.6 Å². The molecule has 0 bridgehead atoms. The number of benzene rings is 3. The number of anilines is 1. The molecule has 0 aliphatic rings. The van der Waals surface area contributed by atoms with Crippen molar-refractivity contribution in [3.8, 4) is 5.75 Å². The van der Waals surface area contributed by atoms with Crippen LogP contribution in [0.15, 0.2) is 79.4 Å². The summed E-state index contributed by atoms with van der Waals surface area (Å²) >= 11 is 0. The molecule has 11 nitrogen and oxygen atoms in total. The van der Waals surface area contributed by atoms with Crippen LogP contribution in [0.25, 0.3) is 0 Å². The second kappa shape index (κ2) is 15.5. The Morgan fingerprint density at radius 1 is 0.833 bits per heavy atom. The molecule has 0 spiro atoms. The Morgan fingerprint density at radius 2 is 1.45 bits per heavy atom. The largest absolute Gasteiger partial charge is 0.463 e. The van der Waals surface area contributed by atoms with Gasteiger partial charge in [0.05, 0.1) is 29.3 Å². The molecule has 0 saturated heterocycles. The summed E-state index contributed by atoms with van der Waals surface area (Å²) in [6, 6.07) is 15.9. The van der Waals surface area contributed by atoms with E-state index in [9.17, 15) is 29.3 Å². The zero-order chi connectivity index (χ0) is 30.5. The maximum Gasteiger partial charge on any atom is 0.343 e. The van der Waals surface area contributed by atoms with Crippen LogP contribution in [0.3, 0.4) is 0 Å². The number of esters is 3. The van der Waals surface area contributed by atoms with Gasteiger partial charge in [-0.1, -0.05) is 6.58 Å². The molecule has 0 heterocycles. The van der Waals surface area contributed by atoms with E-state index in [1.54, 1.807) is 19.1 Å². The minimum absolute atomic E-state index is 0.119. The van der Waals surface area contributed by atoms with Crippen molar-refractivity contribution in [3.63, 3.8) is 0 Å². The number of hydrogen-bond donors (Lipinski definition) is 1. The SMILES string of the molecule is C=CC(=O)OCCCCCCOC(=O)c1ccc(C(=O)Nc2ccc(C(=O)Oc3ccc([N+](=O)[O-])cc3)c(C)c2)cc1. The average molecular weight is 575 g/mol. The van der Waals surface area contributed by atoms with Crippen LogP contribution in [0.1, 0.15) is 62.3 Å². The normalized spacial score (nSPS) is 10.3. The van der Waals surface area contributed by atoms with Gasteiger partial charge in [-0.2, -0.15) is 0 Å². The highest BCUT2D eigenvalue weighted by atomic mass is 16.6. The fourth-order valence-corrected chi connectivity index (χ4v) is 3.77. The third kappa shape index (κ3) is 9.40. The molecule has 42 heavy (non-hydrogen) atoms. The summed E-state index contributed by atoms with van der Waals surface area (Å²) in [7, 11) is 0. The molecule has 3 aromatic carbocycles. The predicted molar refractivity (Wildman–Crippen MR) is 154 cm³/mol. The Kier molecular flexibility index (Phi) is 11.5. The third-order valence-electron chi connectivity index (χ3n) is 6.03. The highest BCUT2D eigenvalue weighted by molar-refractivity contribution is 6.05. The van der Waals surface area contributed by atoms with E-state index in [-0.39, 0.29) is 23.6 Å². The number of amides is 1. The van der Waals surface area contributed by atoms with Gasteiger partial charge in [-0.25, -0.2) is 14.4 Å². The second-order valence-electron chi connectivity index (χ2n) is 9.12. The topological polar surface area (TPSA) is 151 Å². The molecular weight excluding hydrogens is 544 g/mol. The van der Waals surface area contributed by atoms with E-state index >= 15 is 0 Å². The summed E-state index contributed by atoms with van der Waals surface area (Å²) < 4.78 is 15.5. The molecule has 0 aliphatic heterocycles. The Labute approximate surface area is 242 Å². The van der Waals surface area contributed by atoms with Crippen molar-refractivity contribution in [2.24, 2.45) is 0 Å². The molecule has 0 radical (unpaired) electrons. The van der Waals surface area contributed by atoms with E-state index in [4.69, 9.17) is 14.2 Å². The molecule has 11 heteroatoms. The molecule has 1 amide bonds. The molecule has 0 fully saturated rings. The lowest BCUT2D eigenvalue weighted by atomic mass is 10.1. The fourth-order valence-electron chi connectivity index (χ4n) is 3.77. The third-order valence-corrected chi connectivity index (χ3v) is 6.03. The Morgan fingerprint density at radius 3 is 2.05 bits per heavy atom. The van der Waals surface area contributed by atoms with Crippen molar-refractivity contribution in [1.29, 1.82) is 0 Å². The number of hydrogen-bond acceptors (Lipinski definition) is 9. The Balaban J connectivity index is 1.45. The fraction of sp³-hybridized carbons (Fsp3) is 0.226. The molecule has 1 N–H and O–H groups in total. The van der Waals surface area contributed by atoms with E-state index in [1.807, 2.05) is 0 Å². The number of aryl methyl sites for hydroxylation is 1. The summed E-state index contributed by atoms with van der Waals surface area (Å²) in [6.07, 6.45) is 4.17. The molecule has 0 saturated carbocycles. The van der Waals surface area contributed by atoms with Crippen LogP contribution < -0.4 is 10.1 Å². The van der Waals surface area contributed by atoms with Gasteiger partial charge in [0.2, 0.25) is 0 Å². The minimum Gasteiger partial charge on any atom is -0.463 e. The maximum atomic E-state index is 12.7. The zero-order valence-corrected chi connectivity index (χ0v) is 23.0. The van der Waals surface area contributed by atoms with Gasteiger partial charge < -0.3 is 19.5 Å². The zero-order valence-electron chi connectivity index (χ0n) is 23.0. The van der Waals surface area contributed by atoms with Crippen molar-refractivity contribution in [3.05, 3.63) is 112 Å². The number of unbranched alkanes of at least 4 members (excludes halogenated alkanes) is 3. The molecule has 218 valence electrons. The minimum atomic E-state index is -0.645. The predicted octanol–water partition coefficient (Wildman–Crippen LogP) is 5.82. The smallest absolute Gasteiger partial charge is 0.343 e. The molecule has 0 unspecified atom stereocenters. The van der Waals surface area contributed by atoms with Crippen LogP contribution >= 0.6 is 0 Å². The molecular formula is C31H30N2O9. The number of nitrogens with one attached hydrogen (secondary N) is 1. The first-order chi connectivity index (χ1) is 20.2. The summed E-state index contributed by atoms with van der Waals surface area (Å²) in [5.41, 5.74) is 1.78. The summed E-state index contributed by atoms with van der Waals surface area (Å²) in [5.74, 6) is -1.83. The number of nitrogens with zero attached hydrogens (tertiary/aromatic N) is 1. The van der Waals surface area contributed by atoms with Gasteiger partial charge in [-0.3, -0.25) is 14.9 Å². The van der Waals surface area contributed by atoms with Gasteiger partial charge in [0.1, 0.15) is 5.75 Å². The average Bonchev–Trinajstić information content (AvgIpc) is 2.98. The quantitative estimate of drug-likeness (QED) is 0.0627. The van der Waals surface area contributed by atoms with Crippen molar-refractivity contribution in [2.75, 3.05) is 18.5 Å². The standard InChI is InChI=1S/C31H30N2O9/c1-3-28(34)40-18-6-4-5-7-19-41-30(36)23-10-8-22(9-11-23)29(35)32-24-12-17-27(21(2)20-24)31(37)42-26-15-13-25(14-16-26)33(38)39/h3,8-17,20H,1,4-7,18-19H2,2H3,(H,32,35). The number of rotatable bonds is 14. The van der Waals surface area contributed by atoms with Gasteiger partial charge in [0, 0.05) is 29.5 Å². The molecule has 0 aliphatic carbocycles. The van der Waals surface area contributed by atoms with Crippen molar-refractivity contribution >= 4 is 35.2 Å². The molecule has 3 rings (SSSR count). The van der Waals surface area contributed by atoms with E-state index in [0.717, 1.165) is 25.3 Å². The summed E-state index contributed by atoms with van der Waals surface area (Å²) in [4.78, 5) is 58.8. The van der Waals surface area contributed by atoms with Crippen molar-refractivity contribution in [2.45, 2.75) is 32.6 Å². The molecule has 0 aromatic heterocycles. The maximum absolute atomic E-state index is 12.7. The molecule has 0 atom stereocenters. The van der Waals surface area contributed by atoms with Crippen molar-refractivity contribution in [1.82, 2.24) is 0 Å². The summed E-state index contributed by atoms with van der Waals surface area (Å²) in [6.45, 7) is 5.60. The lowest BCUT2D eigenvalue weighted by molar-refractivity contribution is -0.384. The van der Waals surface area contributed by atoms with Gasteiger partial charge in [-0.05, 0) is 92.8 Å². The van der Waals surface area contributed by atoms with Crippen molar-refractivity contribution < 1.29 is 38.3 Å². The second-order valence-corrected chi connectivity index (χ2v) is 9.12. The highest BCUT2D eigenvalue weighted by Crippen LogP contribution is 2.21. The van der Waals surface area contributed by atoms with Gasteiger partial charge in [-0.15, -0.1) is 0 Å². The first-order valence-corrected chi connectivity index (χ1v) is 13.1. The lowest BCUT2D eigenvalue weighted by Crippen LogP contribution is -2.14. The monoisotopic (exact) mass is 574 g/mol. The highest BCUT2D eigenvalue weighted by Gasteiger charge is 2.15. The number of nitro groups is 1. The number of carbonyl (C=O) groups is 4. The van der Waals surface area contributed by atoms with Crippen LogP contribution in [0.4, 0.5) is 11.4 Å². The van der Waals surface area contributed by atoms with Crippen LogP contribution in [0.2, 0.25) is 0 Å². The molecule has 3 aromatic rings. The number of ether oxygens (including phenoxy) is 3. The Bertz CT molecular complexity index is 1450. The number of carbonyl (C=O) groups excluding carboxylic acids is 4. The van der Waals surface area contributed by atoms with E-state index < -0.39 is 28.7 Å². The van der Waals surface area contributed by atoms with Gasteiger partial charge in [0.15, 0.2) is 0 Å². The van der Waals surface area contributed by atoms with Crippen LogP contribution in [0.5, 0.6) is 5.75 Å².